The zero-order chi connectivity index (χ0) is 23.9. The number of aromatic nitrogens is 1. The molecule has 0 radical (unpaired) electrons. The zero-order valence-electron chi connectivity index (χ0n) is 18.9. The Morgan fingerprint density at radius 1 is 1.18 bits per heavy atom. The van der Waals surface area contributed by atoms with E-state index < -0.39 is 12.1 Å². The van der Waals surface area contributed by atoms with Crippen LogP contribution < -0.4 is 10.1 Å². The van der Waals surface area contributed by atoms with Crippen LogP contribution >= 0.6 is 11.3 Å². The molecule has 34 heavy (non-hydrogen) atoms. The van der Waals surface area contributed by atoms with Gasteiger partial charge in [0.15, 0.2) is 0 Å². The highest BCUT2D eigenvalue weighted by Gasteiger charge is 2.13. The molecule has 0 aliphatic heterocycles. The van der Waals surface area contributed by atoms with Crippen molar-refractivity contribution in [1.29, 1.82) is 0 Å². The van der Waals surface area contributed by atoms with Gasteiger partial charge in [-0.1, -0.05) is 36.4 Å². The first-order chi connectivity index (χ1) is 16.5. The molecule has 6 nitrogen and oxygen atoms in total. The van der Waals surface area contributed by atoms with Gasteiger partial charge in [-0.25, -0.2) is 4.79 Å². The lowest BCUT2D eigenvalue weighted by Gasteiger charge is -2.18. The molecule has 2 unspecified atom stereocenters. The van der Waals surface area contributed by atoms with Crippen LogP contribution in [0.25, 0.3) is 27.4 Å². The highest BCUT2D eigenvalue weighted by Crippen LogP contribution is 2.33. The van der Waals surface area contributed by atoms with Crippen molar-refractivity contribution in [3.8, 4) is 16.2 Å². The summed E-state index contributed by atoms with van der Waals surface area (Å²) in [5.41, 5.74) is 3.92. The van der Waals surface area contributed by atoms with Gasteiger partial charge in [0, 0.05) is 40.7 Å². The third-order valence-corrected chi connectivity index (χ3v) is 6.47. The summed E-state index contributed by atoms with van der Waals surface area (Å²) in [6.07, 6.45) is 4.82. The maximum Gasteiger partial charge on any atom is 0.328 e. The Balaban J connectivity index is 1.31. The summed E-state index contributed by atoms with van der Waals surface area (Å²) in [6, 6.07) is 17.9. The number of aliphatic carboxylic acids is 1. The van der Waals surface area contributed by atoms with Gasteiger partial charge in [0.1, 0.15) is 18.5 Å². The number of rotatable bonds is 11. The number of benzene rings is 2. The van der Waals surface area contributed by atoms with Crippen molar-refractivity contribution in [2.24, 2.45) is 0 Å². The summed E-state index contributed by atoms with van der Waals surface area (Å²) < 4.78 is 5.93. The van der Waals surface area contributed by atoms with Crippen LogP contribution in [0.15, 0.2) is 72.3 Å². The standard InChI is InChI=1S/C27H28N2O4S/c1-18(14-20-15-29-27-19(11-12-26(31)32)6-4-8-22(20)27)28-16-21(30)17-33-24-9-3-2-7-23(24)25-10-5-13-34-25/h2-13,15,18,21,28-30H,14,16-17H2,1H3,(H,31,32)/b12-11+. The van der Waals surface area contributed by atoms with E-state index in [1.165, 1.54) is 0 Å². The van der Waals surface area contributed by atoms with E-state index in [-0.39, 0.29) is 12.6 Å². The third-order valence-electron chi connectivity index (χ3n) is 5.57. The van der Waals surface area contributed by atoms with Gasteiger partial charge in [0.25, 0.3) is 0 Å². The lowest BCUT2D eigenvalue weighted by molar-refractivity contribution is -0.131. The van der Waals surface area contributed by atoms with Crippen LogP contribution in [0, 0.1) is 0 Å². The highest BCUT2D eigenvalue weighted by atomic mass is 32.1. The molecule has 0 bridgehead atoms. The number of hydrogen-bond donors (Lipinski definition) is 4. The van der Waals surface area contributed by atoms with Gasteiger partial charge in [0.05, 0.1) is 5.52 Å². The second-order valence-corrected chi connectivity index (χ2v) is 9.15. The minimum Gasteiger partial charge on any atom is -0.490 e. The molecule has 0 spiro atoms. The number of H-pyrrole nitrogens is 1. The van der Waals surface area contributed by atoms with Gasteiger partial charge < -0.3 is 25.3 Å². The first-order valence-corrected chi connectivity index (χ1v) is 12.1. The van der Waals surface area contributed by atoms with Crippen molar-refractivity contribution in [3.63, 3.8) is 0 Å². The fraction of sp³-hybridized carbons (Fsp3) is 0.222. The van der Waals surface area contributed by atoms with E-state index in [0.717, 1.165) is 50.7 Å². The SMILES string of the molecule is CC(Cc1c[nH]c2c(/C=C/C(=O)O)cccc12)NCC(O)COc1ccccc1-c1cccs1. The Hall–Kier alpha value is -3.39. The summed E-state index contributed by atoms with van der Waals surface area (Å²) in [5, 5.41) is 25.9. The van der Waals surface area contributed by atoms with Crippen molar-refractivity contribution in [1.82, 2.24) is 10.3 Å². The molecule has 0 saturated carbocycles. The molecule has 0 aliphatic carbocycles. The normalized spacial score (nSPS) is 13.4. The molecule has 4 aromatic rings. The number of aliphatic hydroxyl groups is 1. The van der Waals surface area contributed by atoms with Crippen molar-refractivity contribution < 1.29 is 19.7 Å². The van der Waals surface area contributed by atoms with E-state index in [4.69, 9.17) is 9.84 Å². The maximum atomic E-state index is 10.8. The molecule has 4 rings (SSSR count). The second kappa shape index (κ2) is 11.2. The molecule has 2 aromatic carbocycles. The Kier molecular flexibility index (Phi) is 7.80. The van der Waals surface area contributed by atoms with E-state index >= 15 is 0 Å². The van der Waals surface area contributed by atoms with Crippen molar-refractivity contribution in [2.75, 3.05) is 13.2 Å². The monoisotopic (exact) mass is 476 g/mol. The fourth-order valence-corrected chi connectivity index (χ4v) is 4.67. The number of nitrogens with one attached hydrogen (secondary N) is 2. The quantitative estimate of drug-likeness (QED) is 0.230. The van der Waals surface area contributed by atoms with E-state index in [2.05, 4.69) is 23.3 Å². The minimum atomic E-state index is -0.973. The fourth-order valence-electron chi connectivity index (χ4n) is 3.92. The largest absolute Gasteiger partial charge is 0.490 e. The van der Waals surface area contributed by atoms with Crippen LogP contribution in [-0.4, -0.2) is 46.5 Å². The number of thiophene rings is 1. The molecule has 7 heteroatoms. The topological polar surface area (TPSA) is 94.6 Å². The first-order valence-electron chi connectivity index (χ1n) is 11.2. The molecule has 2 heterocycles. The van der Waals surface area contributed by atoms with Gasteiger partial charge in [-0.05, 0) is 54.1 Å². The van der Waals surface area contributed by atoms with Crippen LogP contribution in [-0.2, 0) is 11.2 Å². The lowest BCUT2D eigenvalue weighted by atomic mass is 10.0. The number of aromatic amines is 1. The maximum absolute atomic E-state index is 10.8. The molecular weight excluding hydrogens is 448 g/mol. The van der Waals surface area contributed by atoms with E-state index in [1.807, 2.05) is 60.1 Å². The number of para-hydroxylation sites is 2. The lowest BCUT2D eigenvalue weighted by Crippen LogP contribution is -2.37. The number of carboxylic acid groups (broad SMARTS) is 1. The van der Waals surface area contributed by atoms with Crippen LogP contribution in [0.3, 0.4) is 0 Å². The average Bonchev–Trinajstić information content (AvgIpc) is 3.51. The van der Waals surface area contributed by atoms with Crippen LogP contribution in [0.4, 0.5) is 0 Å². The summed E-state index contributed by atoms with van der Waals surface area (Å²) in [4.78, 5) is 15.3. The molecule has 2 atom stereocenters. The second-order valence-electron chi connectivity index (χ2n) is 8.21. The Bertz CT molecular complexity index is 1260. The van der Waals surface area contributed by atoms with Gasteiger partial charge >= 0.3 is 5.97 Å². The first kappa shape index (κ1) is 23.8. The van der Waals surface area contributed by atoms with Crippen molar-refractivity contribution >= 4 is 34.3 Å². The van der Waals surface area contributed by atoms with Crippen LogP contribution in [0.1, 0.15) is 18.1 Å². The number of aliphatic hydroxyl groups excluding tert-OH is 1. The number of carboxylic acids is 1. The van der Waals surface area contributed by atoms with Gasteiger partial charge in [0.2, 0.25) is 0 Å². The summed E-state index contributed by atoms with van der Waals surface area (Å²) in [6.45, 7) is 2.69. The van der Waals surface area contributed by atoms with Crippen molar-refractivity contribution in [3.05, 3.63) is 83.4 Å². The molecule has 0 fully saturated rings. The van der Waals surface area contributed by atoms with Gasteiger partial charge in [-0.15, -0.1) is 11.3 Å². The van der Waals surface area contributed by atoms with E-state index in [9.17, 15) is 9.90 Å². The molecule has 0 aliphatic rings. The molecule has 4 N–H and O–H groups in total. The predicted octanol–water partition coefficient (Wildman–Crippen LogP) is 4.95. The molecule has 0 saturated heterocycles. The third kappa shape index (κ3) is 5.94. The minimum absolute atomic E-state index is 0.130. The van der Waals surface area contributed by atoms with Crippen LogP contribution in [0.5, 0.6) is 5.75 Å². The summed E-state index contributed by atoms with van der Waals surface area (Å²) >= 11 is 1.66. The predicted molar refractivity (Wildman–Crippen MR) is 137 cm³/mol. The van der Waals surface area contributed by atoms with Gasteiger partial charge in [-0.3, -0.25) is 0 Å². The molecule has 2 aromatic heterocycles. The number of hydrogen-bond acceptors (Lipinski definition) is 5. The molecular formula is C27H28N2O4S. The smallest absolute Gasteiger partial charge is 0.328 e. The highest BCUT2D eigenvalue weighted by molar-refractivity contribution is 7.13. The summed E-state index contributed by atoms with van der Waals surface area (Å²) in [5.74, 6) is -0.206. The Morgan fingerprint density at radius 3 is 2.82 bits per heavy atom. The van der Waals surface area contributed by atoms with Crippen molar-refractivity contribution in [2.45, 2.75) is 25.5 Å². The Morgan fingerprint density at radius 2 is 2.03 bits per heavy atom. The summed E-state index contributed by atoms with van der Waals surface area (Å²) in [7, 11) is 0. The van der Waals surface area contributed by atoms with E-state index in [1.54, 1.807) is 17.4 Å². The molecule has 0 amide bonds. The molecule has 176 valence electrons. The zero-order valence-corrected chi connectivity index (χ0v) is 19.7. The van der Waals surface area contributed by atoms with E-state index in [0.29, 0.717) is 6.54 Å². The Labute approximate surface area is 202 Å². The number of carbonyl (C=O) groups is 1. The number of fused-ring (bicyclic) bond motifs is 1. The van der Waals surface area contributed by atoms with Crippen LogP contribution in [0.2, 0.25) is 0 Å². The number of ether oxygens (including phenoxy) is 1. The van der Waals surface area contributed by atoms with Gasteiger partial charge in [-0.2, -0.15) is 0 Å². The average molecular weight is 477 g/mol.